The number of alkyl halides is 3. The number of carbonyl (C=O) groups excluding carboxylic acids is 1. The Kier molecular flexibility index (Phi) is 6.19. The third-order valence-corrected chi connectivity index (χ3v) is 4.74. The number of rotatable bonds is 6. The van der Waals surface area contributed by atoms with Gasteiger partial charge in [-0.2, -0.15) is 13.2 Å². The molecule has 0 spiro atoms. The Morgan fingerprint density at radius 2 is 1.68 bits per heavy atom. The van der Waals surface area contributed by atoms with Crippen LogP contribution in [0.3, 0.4) is 0 Å². The molecule has 9 heteroatoms. The van der Waals surface area contributed by atoms with Gasteiger partial charge in [0.25, 0.3) is 5.76 Å². The van der Waals surface area contributed by atoms with Crippen LogP contribution >= 0.6 is 0 Å². The van der Waals surface area contributed by atoms with Gasteiger partial charge in [0.2, 0.25) is 11.2 Å². The van der Waals surface area contributed by atoms with Gasteiger partial charge in [0.05, 0.1) is 11.5 Å². The standard InChI is InChI=1S/C25H19F3O6/c1-14(2)32-21(29)13-31-17-9-10-19-20(12-17)34-24(25(26,27)28)23(22(19)30)33-18-8-7-15-5-3-4-6-16(15)11-18/h3-12,14H,13H2,1-2H3. The second-order valence-corrected chi connectivity index (χ2v) is 7.68. The normalized spacial score (nSPS) is 11.7. The van der Waals surface area contributed by atoms with Gasteiger partial charge in [0, 0.05) is 6.07 Å². The molecule has 4 aromatic rings. The van der Waals surface area contributed by atoms with Crippen LogP contribution in [0.4, 0.5) is 13.2 Å². The predicted octanol–water partition coefficient (Wildman–Crippen LogP) is 6.09. The van der Waals surface area contributed by atoms with Gasteiger partial charge < -0.3 is 18.6 Å². The highest BCUT2D eigenvalue weighted by Gasteiger charge is 2.40. The first-order chi connectivity index (χ1) is 16.1. The van der Waals surface area contributed by atoms with Crippen molar-refractivity contribution in [3.05, 3.63) is 76.6 Å². The Morgan fingerprint density at radius 3 is 2.38 bits per heavy atom. The van der Waals surface area contributed by atoms with Gasteiger partial charge in [0.1, 0.15) is 17.1 Å². The fraction of sp³-hybridized carbons (Fsp3) is 0.200. The Hall–Kier alpha value is -4.01. The van der Waals surface area contributed by atoms with Crippen LogP contribution in [0.25, 0.3) is 21.7 Å². The molecule has 0 unspecified atom stereocenters. The average molecular weight is 472 g/mol. The van der Waals surface area contributed by atoms with Crippen molar-refractivity contribution in [1.82, 2.24) is 0 Å². The molecular weight excluding hydrogens is 453 g/mol. The molecule has 0 radical (unpaired) electrons. The molecule has 1 aromatic heterocycles. The summed E-state index contributed by atoms with van der Waals surface area (Å²) in [4.78, 5) is 24.6. The fourth-order valence-corrected chi connectivity index (χ4v) is 3.31. The molecule has 0 aliphatic carbocycles. The lowest BCUT2D eigenvalue weighted by Crippen LogP contribution is -2.19. The molecule has 34 heavy (non-hydrogen) atoms. The summed E-state index contributed by atoms with van der Waals surface area (Å²) in [6.07, 6.45) is -5.35. The van der Waals surface area contributed by atoms with E-state index in [1.54, 1.807) is 32.0 Å². The lowest BCUT2D eigenvalue weighted by Gasteiger charge is -2.14. The maximum Gasteiger partial charge on any atom is 0.453 e. The molecule has 0 saturated heterocycles. The van der Waals surface area contributed by atoms with Crippen molar-refractivity contribution >= 4 is 27.7 Å². The van der Waals surface area contributed by atoms with Crippen LogP contribution in [-0.4, -0.2) is 18.7 Å². The summed E-state index contributed by atoms with van der Waals surface area (Å²) < 4.78 is 62.0. The van der Waals surface area contributed by atoms with Crippen LogP contribution in [0.5, 0.6) is 17.2 Å². The van der Waals surface area contributed by atoms with E-state index in [1.807, 2.05) is 12.1 Å². The second-order valence-electron chi connectivity index (χ2n) is 7.68. The van der Waals surface area contributed by atoms with Crippen molar-refractivity contribution in [3.63, 3.8) is 0 Å². The summed E-state index contributed by atoms with van der Waals surface area (Å²) in [5.74, 6) is -3.10. The van der Waals surface area contributed by atoms with Gasteiger partial charge in [0.15, 0.2) is 6.61 Å². The minimum atomic E-state index is -5.00. The lowest BCUT2D eigenvalue weighted by molar-refractivity contribution is -0.154. The zero-order valence-electron chi connectivity index (χ0n) is 18.1. The van der Waals surface area contributed by atoms with Gasteiger partial charge in [-0.15, -0.1) is 0 Å². The fourth-order valence-electron chi connectivity index (χ4n) is 3.31. The summed E-state index contributed by atoms with van der Waals surface area (Å²) >= 11 is 0. The molecule has 0 aliphatic heterocycles. The van der Waals surface area contributed by atoms with E-state index in [-0.39, 0.29) is 28.6 Å². The smallest absolute Gasteiger partial charge is 0.453 e. The average Bonchev–Trinajstić information content (AvgIpc) is 2.78. The van der Waals surface area contributed by atoms with Crippen molar-refractivity contribution < 1.29 is 36.6 Å². The monoisotopic (exact) mass is 472 g/mol. The predicted molar refractivity (Wildman–Crippen MR) is 118 cm³/mol. The third-order valence-electron chi connectivity index (χ3n) is 4.74. The van der Waals surface area contributed by atoms with Crippen LogP contribution in [0, 0.1) is 0 Å². The van der Waals surface area contributed by atoms with E-state index in [0.29, 0.717) is 0 Å². The number of hydrogen-bond acceptors (Lipinski definition) is 6. The minimum absolute atomic E-state index is 0.0349. The number of fused-ring (bicyclic) bond motifs is 2. The molecule has 6 nitrogen and oxygen atoms in total. The number of hydrogen-bond donors (Lipinski definition) is 0. The summed E-state index contributed by atoms with van der Waals surface area (Å²) in [5, 5.41) is 1.46. The van der Waals surface area contributed by atoms with E-state index >= 15 is 0 Å². The van der Waals surface area contributed by atoms with Crippen LogP contribution in [0.2, 0.25) is 0 Å². The molecule has 3 aromatic carbocycles. The molecule has 1 heterocycles. The second kappa shape index (κ2) is 9.09. The zero-order chi connectivity index (χ0) is 24.5. The van der Waals surface area contributed by atoms with E-state index in [0.717, 1.165) is 16.8 Å². The quantitative estimate of drug-likeness (QED) is 0.316. The highest BCUT2D eigenvalue weighted by atomic mass is 19.4. The highest BCUT2D eigenvalue weighted by molar-refractivity contribution is 5.84. The molecule has 0 amide bonds. The molecule has 176 valence electrons. The lowest BCUT2D eigenvalue weighted by atomic mass is 10.1. The largest absolute Gasteiger partial charge is 0.482 e. The van der Waals surface area contributed by atoms with Crippen molar-refractivity contribution in [2.24, 2.45) is 0 Å². The molecular formula is C25H19F3O6. The van der Waals surface area contributed by atoms with E-state index in [1.165, 1.54) is 24.3 Å². The molecule has 4 rings (SSSR count). The maximum atomic E-state index is 13.8. The summed E-state index contributed by atoms with van der Waals surface area (Å²) in [5.41, 5.74) is -1.36. The SMILES string of the molecule is CC(C)OC(=O)COc1ccc2c(=O)c(Oc3ccc4ccccc4c3)c(C(F)(F)F)oc2c1. The first-order valence-electron chi connectivity index (χ1n) is 10.3. The molecule has 0 atom stereocenters. The minimum Gasteiger partial charge on any atom is -0.482 e. The van der Waals surface area contributed by atoms with E-state index in [2.05, 4.69) is 0 Å². The van der Waals surface area contributed by atoms with E-state index in [4.69, 9.17) is 18.6 Å². The van der Waals surface area contributed by atoms with Gasteiger partial charge >= 0.3 is 12.1 Å². The van der Waals surface area contributed by atoms with Crippen LogP contribution in [-0.2, 0) is 15.7 Å². The third kappa shape index (κ3) is 4.98. The van der Waals surface area contributed by atoms with Gasteiger partial charge in [-0.25, -0.2) is 4.79 Å². The molecule has 0 fully saturated rings. The Bertz CT molecular complexity index is 1420. The Morgan fingerprint density at radius 1 is 0.971 bits per heavy atom. The zero-order valence-corrected chi connectivity index (χ0v) is 18.1. The summed E-state index contributed by atoms with van der Waals surface area (Å²) in [6, 6.07) is 15.6. The van der Waals surface area contributed by atoms with Crippen molar-refractivity contribution in [1.29, 1.82) is 0 Å². The number of halogens is 3. The first kappa shape index (κ1) is 23.2. The molecule has 0 bridgehead atoms. The number of esters is 1. The van der Waals surface area contributed by atoms with Gasteiger partial charge in [-0.3, -0.25) is 4.79 Å². The van der Waals surface area contributed by atoms with Crippen molar-refractivity contribution in [3.8, 4) is 17.2 Å². The van der Waals surface area contributed by atoms with Crippen molar-refractivity contribution in [2.75, 3.05) is 6.61 Å². The summed E-state index contributed by atoms with van der Waals surface area (Å²) in [6.45, 7) is 2.88. The number of ether oxygens (including phenoxy) is 3. The Balaban J connectivity index is 1.72. The van der Waals surface area contributed by atoms with Crippen LogP contribution in [0.1, 0.15) is 19.6 Å². The Labute approximate surface area is 191 Å². The van der Waals surface area contributed by atoms with E-state index < -0.39 is 35.7 Å². The summed E-state index contributed by atoms with van der Waals surface area (Å²) in [7, 11) is 0. The van der Waals surface area contributed by atoms with Crippen LogP contribution in [0.15, 0.2) is 69.9 Å². The van der Waals surface area contributed by atoms with Crippen molar-refractivity contribution in [2.45, 2.75) is 26.1 Å². The molecule has 0 saturated carbocycles. The number of carbonyl (C=O) groups is 1. The topological polar surface area (TPSA) is 75.0 Å². The van der Waals surface area contributed by atoms with Crippen LogP contribution < -0.4 is 14.9 Å². The first-order valence-corrected chi connectivity index (χ1v) is 10.3. The van der Waals surface area contributed by atoms with Gasteiger partial charge in [-0.1, -0.05) is 30.3 Å². The number of benzene rings is 3. The van der Waals surface area contributed by atoms with E-state index in [9.17, 15) is 22.8 Å². The molecule has 0 aliphatic rings. The maximum absolute atomic E-state index is 13.8. The molecule has 0 N–H and O–H groups in total. The highest BCUT2D eigenvalue weighted by Crippen LogP contribution is 2.39. The van der Waals surface area contributed by atoms with Gasteiger partial charge in [-0.05, 0) is 48.9 Å².